The summed E-state index contributed by atoms with van der Waals surface area (Å²) in [6.45, 7) is 6.20. The van der Waals surface area contributed by atoms with E-state index in [1.54, 1.807) is 23.9 Å². The molecule has 2 atom stereocenters. The van der Waals surface area contributed by atoms with Gasteiger partial charge in [0.2, 0.25) is 11.8 Å². The van der Waals surface area contributed by atoms with Gasteiger partial charge in [0.1, 0.15) is 6.04 Å². The molecule has 0 radical (unpaired) electrons. The summed E-state index contributed by atoms with van der Waals surface area (Å²) < 4.78 is 0. The van der Waals surface area contributed by atoms with Gasteiger partial charge in [0.05, 0.1) is 0 Å². The minimum atomic E-state index is -0.336. The fourth-order valence-corrected chi connectivity index (χ4v) is 2.58. The fraction of sp³-hybridized carbons (Fsp3) is 0.846. The molecule has 5 heteroatoms. The van der Waals surface area contributed by atoms with E-state index in [-0.39, 0.29) is 29.2 Å². The SMILES string of the molecule is CN(C)C(=O)C1CNCCN1C(=O)C1CC1(C)C. The van der Waals surface area contributed by atoms with Crippen LogP contribution in [0, 0.1) is 11.3 Å². The van der Waals surface area contributed by atoms with Crippen molar-refractivity contribution in [1.29, 1.82) is 0 Å². The number of hydrogen-bond acceptors (Lipinski definition) is 3. The van der Waals surface area contributed by atoms with Crippen LogP contribution in [0.5, 0.6) is 0 Å². The predicted octanol–water partition coefficient (Wildman–Crippen LogP) is -0.0789. The Bertz CT molecular complexity index is 365. The molecule has 102 valence electrons. The molecule has 2 amide bonds. The Balaban J connectivity index is 2.09. The number of piperazine rings is 1. The maximum Gasteiger partial charge on any atom is 0.246 e. The van der Waals surface area contributed by atoms with E-state index in [0.717, 1.165) is 13.0 Å². The highest BCUT2D eigenvalue weighted by Crippen LogP contribution is 2.52. The Hall–Kier alpha value is -1.10. The normalized spacial score (nSPS) is 29.9. The van der Waals surface area contributed by atoms with Gasteiger partial charge < -0.3 is 15.1 Å². The minimum absolute atomic E-state index is 0.00834. The molecule has 2 unspecified atom stereocenters. The van der Waals surface area contributed by atoms with Crippen LogP contribution in [0.4, 0.5) is 0 Å². The summed E-state index contributed by atoms with van der Waals surface area (Å²) in [6, 6.07) is -0.336. The standard InChI is InChI=1S/C13H23N3O2/c1-13(2)7-9(13)11(17)16-6-5-14-8-10(16)12(18)15(3)4/h9-10,14H,5-8H2,1-4H3. The maximum absolute atomic E-state index is 12.4. The van der Waals surface area contributed by atoms with Gasteiger partial charge in [-0.15, -0.1) is 0 Å². The number of nitrogens with zero attached hydrogens (tertiary/aromatic N) is 2. The van der Waals surface area contributed by atoms with Crippen LogP contribution in [0.1, 0.15) is 20.3 Å². The van der Waals surface area contributed by atoms with E-state index in [9.17, 15) is 9.59 Å². The van der Waals surface area contributed by atoms with E-state index in [0.29, 0.717) is 13.1 Å². The Labute approximate surface area is 108 Å². The van der Waals surface area contributed by atoms with Crippen LogP contribution in [0.25, 0.3) is 0 Å². The molecule has 0 aromatic rings. The lowest BCUT2D eigenvalue weighted by molar-refractivity contribution is -0.146. The van der Waals surface area contributed by atoms with Crippen molar-refractivity contribution in [1.82, 2.24) is 15.1 Å². The molecule has 0 bridgehead atoms. The van der Waals surface area contributed by atoms with Gasteiger partial charge in [-0.05, 0) is 11.8 Å². The largest absolute Gasteiger partial charge is 0.347 e. The number of hydrogen-bond donors (Lipinski definition) is 1. The molecule has 1 N–H and O–H groups in total. The number of rotatable bonds is 2. The molecule has 1 saturated heterocycles. The Morgan fingerprint density at radius 1 is 1.33 bits per heavy atom. The summed E-state index contributed by atoms with van der Waals surface area (Å²) in [4.78, 5) is 27.9. The summed E-state index contributed by atoms with van der Waals surface area (Å²) in [5.41, 5.74) is 0.119. The van der Waals surface area contributed by atoms with Crippen LogP contribution in [0.15, 0.2) is 0 Å². The first-order valence-electron chi connectivity index (χ1n) is 6.57. The molecular formula is C13H23N3O2. The summed E-state index contributed by atoms with van der Waals surface area (Å²) in [6.07, 6.45) is 0.943. The fourth-order valence-electron chi connectivity index (χ4n) is 2.58. The van der Waals surface area contributed by atoms with Gasteiger partial charge >= 0.3 is 0 Å². The summed E-state index contributed by atoms with van der Waals surface area (Å²) in [5.74, 6) is 0.267. The van der Waals surface area contributed by atoms with Gasteiger partial charge in [-0.3, -0.25) is 9.59 Å². The highest BCUT2D eigenvalue weighted by molar-refractivity contribution is 5.90. The van der Waals surface area contributed by atoms with Crippen molar-refractivity contribution in [3.8, 4) is 0 Å². The Kier molecular flexibility index (Phi) is 3.36. The van der Waals surface area contributed by atoms with Crippen molar-refractivity contribution in [2.75, 3.05) is 33.7 Å². The lowest BCUT2D eigenvalue weighted by atomic mass is 10.1. The third-order valence-corrected chi connectivity index (χ3v) is 4.06. The number of carbonyl (C=O) groups excluding carboxylic acids is 2. The van der Waals surface area contributed by atoms with Crippen molar-refractivity contribution < 1.29 is 9.59 Å². The van der Waals surface area contributed by atoms with Crippen molar-refractivity contribution in [3.05, 3.63) is 0 Å². The van der Waals surface area contributed by atoms with Crippen LogP contribution in [0.3, 0.4) is 0 Å². The van der Waals surface area contributed by atoms with Gasteiger partial charge in [-0.25, -0.2) is 0 Å². The molecule has 0 spiro atoms. The number of amides is 2. The van der Waals surface area contributed by atoms with E-state index >= 15 is 0 Å². The zero-order valence-corrected chi connectivity index (χ0v) is 11.7. The molecule has 5 nitrogen and oxygen atoms in total. The lowest BCUT2D eigenvalue weighted by Crippen LogP contribution is -2.59. The third-order valence-electron chi connectivity index (χ3n) is 4.06. The Morgan fingerprint density at radius 3 is 2.44 bits per heavy atom. The number of likely N-dealkylation sites (N-methyl/N-ethyl adjacent to an activating group) is 1. The van der Waals surface area contributed by atoms with Crippen LogP contribution >= 0.6 is 0 Å². The second-order valence-electron chi connectivity index (χ2n) is 6.23. The van der Waals surface area contributed by atoms with E-state index in [1.165, 1.54) is 0 Å². The van der Waals surface area contributed by atoms with E-state index < -0.39 is 0 Å². The summed E-state index contributed by atoms with van der Waals surface area (Å²) in [5, 5.41) is 3.19. The van der Waals surface area contributed by atoms with Crippen molar-refractivity contribution in [3.63, 3.8) is 0 Å². The average Bonchev–Trinajstić information content (AvgIpc) is 2.96. The molecule has 1 aliphatic carbocycles. The van der Waals surface area contributed by atoms with E-state index in [2.05, 4.69) is 19.2 Å². The monoisotopic (exact) mass is 253 g/mol. The minimum Gasteiger partial charge on any atom is -0.347 e. The zero-order chi connectivity index (χ0) is 13.5. The zero-order valence-electron chi connectivity index (χ0n) is 11.7. The topological polar surface area (TPSA) is 52.7 Å². The van der Waals surface area contributed by atoms with Crippen molar-refractivity contribution in [2.45, 2.75) is 26.3 Å². The highest BCUT2D eigenvalue weighted by Gasteiger charge is 2.53. The van der Waals surface area contributed by atoms with Crippen LogP contribution < -0.4 is 5.32 Å². The molecule has 1 heterocycles. The average molecular weight is 253 g/mol. The quantitative estimate of drug-likeness (QED) is 0.749. The highest BCUT2D eigenvalue weighted by atomic mass is 16.2. The van der Waals surface area contributed by atoms with Crippen LogP contribution in [0.2, 0.25) is 0 Å². The lowest BCUT2D eigenvalue weighted by Gasteiger charge is -2.37. The van der Waals surface area contributed by atoms with Gasteiger partial charge in [-0.1, -0.05) is 13.8 Å². The summed E-state index contributed by atoms with van der Waals surface area (Å²) >= 11 is 0. The molecule has 2 fully saturated rings. The summed E-state index contributed by atoms with van der Waals surface area (Å²) in [7, 11) is 3.47. The van der Waals surface area contributed by atoms with Gasteiger partial charge in [0.15, 0.2) is 0 Å². The molecule has 2 rings (SSSR count). The smallest absolute Gasteiger partial charge is 0.246 e. The number of carbonyl (C=O) groups is 2. The molecule has 2 aliphatic rings. The predicted molar refractivity (Wildman–Crippen MR) is 69.0 cm³/mol. The Morgan fingerprint density at radius 2 is 1.94 bits per heavy atom. The molecule has 18 heavy (non-hydrogen) atoms. The maximum atomic E-state index is 12.4. The first-order chi connectivity index (χ1) is 8.34. The van der Waals surface area contributed by atoms with Crippen LogP contribution in [-0.2, 0) is 9.59 Å². The van der Waals surface area contributed by atoms with Gasteiger partial charge in [0, 0.05) is 39.6 Å². The molecule has 0 aromatic carbocycles. The van der Waals surface area contributed by atoms with Gasteiger partial charge in [-0.2, -0.15) is 0 Å². The first-order valence-corrected chi connectivity index (χ1v) is 6.57. The third kappa shape index (κ3) is 2.36. The first kappa shape index (κ1) is 13.3. The molecule has 0 aromatic heterocycles. The number of nitrogens with one attached hydrogen (secondary N) is 1. The van der Waals surface area contributed by atoms with Gasteiger partial charge in [0.25, 0.3) is 0 Å². The second-order valence-corrected chi connectivity index (χ2v) is 6.23. The molecular weight excluding hydrogens is 230 g/mol. The van der Waals surface area contributed by atoms with Crippen molar-refractivity contribution >= 4 is 11.8 Å². The van der Waals surface area contributed by atoms with E-state index in [4.69, 9.17) is 0 Å². The van der Waals surface area contributed by atoms with E-state index in [1.807, 2.05) is 0 Å². The van der Waals surface area contributed by atoms with Crippen molar-refractivity contribution in [2.24, 2.45) is 11.3 Å². The molecule has 1 saturated carbocycles. The second kappa shape index (κ2) is 4.53. The molecule has 1 aliphatic heterocycles. The van der Waals surface area contributed by atoms with Crippen LogP contribution in [-0.4, -0.2) is 61.4 Å².